The first kappa shape index (κ1) is 28.6. The van der Waals surface area contributed by atoms with Crippen LogP contribution in [0.3, 0.4) is 0 Å². The zero-order valence-corrected chi connectivity index (χ0v) is 23.4. The number of unbranched alkanes of at least 4 members (excludes halogenated alkanes) is 1. The van der Waals surface area contributed by atoms with Gasteiger partial charge in [0.2, 0.25) is 5.89 Å². The zero-order chi connectivity index (χ0) is 28.2. The molecule has 2 aromatic carbocycles. The van der Waals surface area contributed by atoms with Crippen molar-refractivity contribution in [1.29, 1.82) is 0 Å². The SMILES string of the molecule is Cc1ccc(/C=C/c2nc(COc3ccc(CCCCn4cc(CCOC(=O)NC(C)C)nn4)cc3)co2)cc1. The Balaban J connectivity index is 1.11. The molecule has 0 saturated heterocycles. The Kier molecular flexibility index (Phi) is 10.5. The van der Waals surface area contributed by atoms with Gasteiger partial charge in [0.05, 0.1) is 12.3 Å². The van der Waals surface area contributed by atoms with E-state index in [4.69, 9.17) is 13.9 Å². The van der Waals surface area contributed by atoms with E-state index < -0.39 is 6.09 Å². The Morgan fingerprint density at radius 1 is 1.02 bits per heavy atom. The summed E-state index contributed by atoms with van der Waals surface area (Å²) in [5.41, 5.74) is 5.14. The maximum atomic E-state index is 11.5. The molecule has 9 heteroatoms. The first-order valence-electron chi connectivity index (χ1n) is 13.7. The van der Waals surface area contributed by atoms with Crippen LogP contribution in [0.15, 0.2) is 65.4 Å². The molecular weight excluding hydrogens is 506 g/mol. The molecule has 1 N–H and O–H groups in total. The van der Waals surface area contributed by atoms with Crippen LogP contribution >= 0.6 is 0 Å². The number of oxazole rings is 1. The minimum Gasteiger partial charge on any atom is -0.487 e. The van der Waals surface area contributed by atoms with E-state index in [1.54, 1.807) is 6.26 Å². The van der Waals surface area contributed by atoms with Crippen molar-refractivity contribution in [3.63, 3.8) is 0 Å². The maximum absolute atomic E-state index is 11.5. The summed E-state index contributed by atoms with van der Waals surface area (Å²) >= 11 is 0. The third-order valence-corrected chi connectivity index (χ3v) is 6.06. The zero-order valence-electron chi connectivity index (χ0n) is 23.4. The van der Waals surface area contributed by atoms with Gasteiger partial charge < -0.3 is 19.2 Å². The minimum atomic E-state index is -0.409. The number of benzene rings is 2. The fourth-order valence-electron chi connectivity index (χ4n) is 3.91. The molecule has 1 amide bonds. The van der Waals surface area contributed by atoms with E-state index in [9.17, 15) is 4.79 Å². The summed E-state index contributed by atoms with van der Waals surface area (Å²) in [5.74, 6) is 1.35. The molecule has 4 rings (SSSR count). The summed E-state index contributed by atoms with van der Waals surface area (Å²) in [5, 5.41) is 11.0. The van der Waals surface area contributed by atoms with E-state index in [2.05, 4.69) is 63.9 Å². The van der Waals surface area contributed by atoms with Crippen molar-refractivity contribution in [2.24, 2.45) is 0 Å². The number of aromatic nitrogens is 4. The standard InChI is InChI=1S/C31H37N5O4/c1-23(2)32-31(37)38-19-17-27-20-36(35-34-27)18-5-4-6-25-11-14-29(15-12-25)39-21-28-22-40-30(33-28)16-13-26-9-7-24(3)8-10-26/h7-16,20,22-23H,4-6,17-19,21H2,1-3H3,(H,32,37)/b16-13+. The number of carbonyl (C=O) groups excluding carboxylic acids is 1. The first-order chi connectivity index (χ1) is 19.4. The predicted molar refractivity (Wildman–Crippen MR) is 154 cm³/mol. The number of aryl methyl sites for hydroxylation is 3. The van der Waals surface area contributed by atoms with Crippen LogP contribution in [-0.4, -0.2) is 38.7 Å². The van der Waals surface area contributed by atoms with Gasteiger partial charge in [-0.1, -0.05) is 47.2 Å². The lowest BCUT2D eigenvalue weighted by Gasteiger charge is -2.08. The molecule has 0 radical (unpaired) electrons. The third kappa shape index (κ3) is 9.72. The molecule has 40 heavy (non-hydrogen) atoms. The Labute approximate surface area is 235 Å². The van der Waals surface area contributed by atoms with Gasteiger partial charge in [-0.05, 0) is 69.4 Å². The van der Waals surface area contributed by atoms with Crippen molar-refractivity contribution in [2.45, 2.75) is 65.6 Å². The monoisotopic (exact) mass is 543 g/mol. The summed E-state index contributed by atoms with van der Waals surface area (Å²) in [6.45, 7) is 7.27. The Bertz CT molecular complexity index is 1360. The number of ether oxygens (including phenoxy) is 2. The smallest absolute Gasteiger partial charge is 0.407 e. The second-order valence-electron chi connectivity index (χ2n) is 9.97. The molecule has 210 valence electrons. The Hall–Kier alpha value is -4.40. The van der Waals surface area contributed by atoms with E-state index >= 15 is 0 Å². The number of rotatable bonds is 14. The van der Waals surface area contributed by atoms with Gasteiger partial charge in [0.1, 0.15) is 24.3 Å². The molecule has 0 aliphatic heterocycles. The summed E-state index contributed by atoms with van der Waals surface area (Å²) in [6, 6.07) is 16.5. The third-order valence-electron chi connectivity index (χ3n) is 6.06. The van der Waals surface area contributed by atoms with Gasteiger partial charge in [-0.3, -0.25) is 4.68 Å². The molecule has 0 fully saturated rings. The fraction of sp³-hybridized carbons (Fsp3) is 0.355. The highest BCUT2D eigenvalue weighted by atomic mass is 16.5. The number of alkyl carbamates (subject to hydrolysis) is 1. The number of amides is 1. The number of carbonyl (C=O) groups is 1. The molecule has 0 atom stereocenters. The predicted octanol–water partition coefficient (Wildman–Crippen LogP) is 6.02. The van der Waals surface area contributed by atoms with Crippen LogP contribution in [0.4, 0.5) is 4.79 Å². The lowest BCUT2D eigenvalue weighted by Crippen LogP contribution is -2.31. The molecule has 0 aliphatic carbocycles. The summed E-state index contributed by atoms with van der Waals surface area (Å²) in [4.78, 5) is 16.0. The molecule has 4 aromatic rings. The van der Waals surface area contributed by atoms with E-state index in [0.717, 1.165) is 48.5 Å². The van der Waals surface area contributed by atoms with E-state index in [1.165, 1.54) is 11.1 Å². The van der Waals surface area contributed by atoms with Gasteiger partial charge in [-0.15, -0.1) is 5.10 Å². The van der Waals surface area contributed by atoms with Crippen molar-refractivity contribution in [3.05, 3.63) is 95.0 Å². The minimum absolute atomic E-state index is 0.0528. The number of hydrogen-bond acceptors (Lipinski definition) is 7. The van der Waals surface area contributed by atoms with Gasteiger partial charge in [-0.25, -0.2) is 9.78 Å². The molecule has 2 aromatic heterocycles. The van der Waals surface area contributed by atoms with Gasteiger partial charge in [0.15, 0.2) is 0 Å². The molecular formula is C31H37N5O4. The van der Waals surface area contributed by atoms with Crippen molar-refractivity contribution >= 4 is 18.2 Å². The Morgan fingerprint density at radius 2 is 1.82 bits per heavy atom. The van der Waals surface area contributed by atoms with E-state index in [0.29, 0.717) is 18.9 Å². The van der Waals surface area contributed by atoms with E-state index in [1.807, 2.05) is 49.0 Å². The maximum Gasteiger partial charge on any atom is 0.407 e. The molecule has 2 heterocycles. The van der Waals surface area contributed by atoms with Crippen LogP contribution in [0, 0.1) is 6.92 Å². The van der Waals surface area contributed by atoms with Crippen LogP contribution < -0.4 is 10.1 Å². The lowest BCUT2D eigenvalue weighted by molar-refractivity contribution is 0.144. The molecule has 0 unspecified atom stereocenters. The van der Waals surface area contributed by atoms with Crippen molar-refractivity contribution in [3.8, 4) is 5.75 Å². The highest BCUT2D eigenvalue weighted by Gasteiger charge is 2.07. The molecule has 0 saturated carbocycles. The van der Waals surface area contributed by atoms with Gasteiger partial charge in [0.25, 0.3) is 0 Å². The van der Waals surface area contributed by atoms with Crippen LogP contribution in [0.1, 0.15) is 60.7 Å². The number of hydrogen-bond donors (Lipinski definition) is 1. The molecule has 0 spiro atoms. The van der Waals surface area contributed by atoms with E-state index in [-0.39, 0.29) is 12.6 Å². The van der Waals surface area contributed by atoms with Crippen LogP contribution in [0.25, 0.3) is 12.2 Å². The molecule has 0 aliphatic rings. The summed E-state index contributed by atoms with van der Waals surface area (Å²) < 4.78 is 18.4. The van der Waals surface area contributed by atoms with Gasteiger partial charge in [-0.2, -0.15) is 0 Å². The Morgan fingerprint density at radius 3 is 2.60 bits per heavy atom. The highest BCUT2D eigenvalue weighted by molar-refractivity contribution is 5.67. The normalized spacial score (nSPS) is 11.3. The van der Waals surface area contributed by atoms with Gasteiger partial charge in [0, 0.05) is 31.3 Å². The van der Waals surface area contributed by atoms with Crippen LogP contribution in [0.5, 0.6) is 5.75 Å². The largest absolute Gasteiger partial charge is 0.487 e. The average Bonchev–Trinajstić information content (AvgIpc) is 3.59. The van der Waals surface area contributed by atoms with Crippen molar-refractivity contribution < 1.29 is 18.7 Å². The number of nitrogens with zero attached hydrogens (tertiary/aromatic N) is 4. The van der Waals surface area contributed by atoms with Crippen molar-refractivity contribution in [2.75, 3.05) is 6.61 Å². The van der Waals surface area contributed by atoms with Crippen LogP contribution in [-0.2, 0) is 30.7 Å². The topological polar surface area (TPSA) is 104 Å². The van der Waals surface area contributed by atoms with Crippen molar-refractivity contribution in [1.82, 2.24) is 25.3 Å². The highest BCUT2D eigenvalue weighted by Crippen LogP contribution is 2.17. The fourth-order valence-corrected chi connectivity index (χ4v) is 3.91. The molecule has 0 bridgehead atoms. The summed E-state index contributed by atoms with van der Waals surface area (Å²) in [6.07, 6.45) is 10.5. The second-order valence-corrected chi connectivity index (χ2v) is 9.97. The number of nitrogens with one attached hydrogen (secondary N) is 1. The lowest BCUT2D eigenvalue weighted by atomic mass is 10.1. The van der Waals surface area contributed by atoms with Crippen LogP contribution in [0.2, 0.25) is 0 Å². The average molecular weight is 544 g/mol. The quantitative estimate of drug-likeness (QED) is 0.194. The first-order valence-corrected chi connectivity index (χ1v) is 13.7. The second kappa shape index (κ2) is 14.7. The molecule has 9 nitrogen and oxygen atoms in total. The summed E-state index contributed by atoms with van der Waals surface area (Å²) in [7, 11) is 0. The van der Waals surface area contributed by atoms with Gasteiger partial charge >= 0.3 is 6.09 Å².